The molecular weight excluding hydrogens is 233 g/mol. The van der Waals surface area contributed by atoms with Crippen LogP contribution < -0.4 is 15.2 Å². The Morgan fingerprint density at radius 3 is 2.56 bits per heavy atom. The highest BCUT2D eigenvalue weighted by Gasteiger charge is 2.17. The van der Waals surface area contributed by atoms with Crippen molar-refractivity contribution >= 4 is 11.6 Å². The molecule has 1 aromatic carbocycles. The summed E-state index contributed by atoms with van der Waals surface area (Å²) < 4.78 is 23.7. The molecule has 1 aromatic rings. The van der Waals surface area contributed by atoms with Gasteiger partial charge in [-0.15, -0.1) is 0 Å². The molecule has 0 saturated carbocycles. The van der Waals surface area contributed by atoms with Gasteiger partial charge in [0, 0.05) is 11.6 Å². The summed E-state index contributed by atoms with van der Waals surface area (Å²) in [5.41, 5.74) is 6.02. The topological polar surface area (TPSA) is 44.5 Å². The molecule has 0 spiro atoms. The Bertz CT molecular complexity index is 371. The van der Waals surface area contributed by atoms with Gasteiger partial charge in [0.25, 0.3) is 0 Å². The summed E-state index contributed by atoms with van der Waals surface area (Å²) in [6.45, 7) is 0.512. The highest BCUT2D eigenvalue weighted by atomic mass is 35.5. The summed E-state index contributed by atoms with van der Waals surface area (Å²) in [5, 5.41) is 0.0751. The molecule has 0 saturated heterocycles. The first-order chi connectivity index (χ1) is 7.65. The van der Waals surface area contributed by atoms with Crippen LogP contribution in [-0.2, 0) is 6.42 Å². The van der Waals surface area contributed by atoms with E-state index >= 15 is 0 Å². The van der Waals surface area contributed by atoms with E-state index in [4.69, 9.17) is 26.8 Å². The van der Waals surface area contributed by atoms with E-state index < -0.39 is 5.82 Å². The molecule has 0 heterocycles. The molecule has 0 aromatic heterocycles. The molecule has 0 radical (unpaired) electrons. The molecular formula is C11H15ClFNO2. The number of ether oxygens (including phenoxy) is 2. The van der Waals surface area contributed by atoms with Crippen molar-refractivity contribution in [2.75, 3.05) is 20.8 Å². The second-order valence-corrected chi connectivity index (χ2v) is 3.66. The Morgan fingerprint density at radius 2 is 2.06 bits per heavy atom. The summed E-state index contributed by atoms with van der Waals surface area (Å²) in [4.78, 5) is 0. The predicted molar refractivity (Wildman–Crippen MR) is 61.9 cm³/mol. The number of benzene rings is 1. The van der Waals surface area contributed by atoms with Gasteiger partial charge >= 0.3 is 0 Å². The number of rotatable bonds is 5. The molecule has 0 aliphatic rings. The third-order valence-corrected chi connectivity index (χ3v) is 2.69. The maximum Gasteiger partial charge on any atom is 0.165 e. The van der Waals surface area contributed by atoms with Crippen LogP contribution in [0.1, 0.15) is 12.0 Å². The molecule has 1 rings (SSSR count). The molecule has 0 aliphatic heterocycles. The van der Waals surface area contributed by atoms with Crippen LogP contribution in [-0.4, -0.2) is 20.8 Å². The molecule has 2 N–H and O–H groups in total. The van der Waals surface area contributed by atoms with E-state index in [1.807, 2.05) is 0 Å². The number of methoxy groups -OCH3 is 2. The molecule has 5 heteroatoms. The van der Waals surface area contributed by atoms with Gasteiger partial charge < -0.3 is 15.2 Å². The Kier molecular flexibility index (Phi) is 4.83. The fourth-order valence-electron chi connectivity index (χ4n) is 1.51. The lowest BCUT2D eigenvalue weighted by molar-refractivity contribution is 0.349. The fraction of sp³-hybridized carbons (Fsp3) is 0.455. The van der Waals surface area contributed by atoms with Crippen LogP contribution in [0.25, 0.3) is 0 Å². The van der Waals surface area contributed by atoms with Crippen LogP contribution in [0.15, 0.2) is 6.07 Å². The van der Waals surface area contributed by atoms with Crippen LogP contribution in [0.2, 0.25) is 5.02 Å². The van der Waals surface area contributed by atoms with Crippen LogP contribution in [0.5, 0.6) is 11.5 Å². The van der Waals surface area contributed by atoms with Crippen molar-refractivity contribution < 1.29 is 13.9 Å². The molecule has 0 unspecified atom stereocenters. The number of halogens is 2. The van der Waals surface area contributed by atoms with Crippen molar-refractivity contribution in [3.8, 4) is 11.5 Å². The van der Waals surface area contributed by atoms with E-state index in [0.29, 0.717) is 36.4 Å². The first kappa shape index (κ1) is 13.1. The summed E-state index contributed by atoms with van der Waals surface area (Å²) in [5.74, 6) is 0.310. The van der Waals surface area contributed by atoms with Crippen molar-refractivity contribution in [3.05, 3.63) is 22.5 Å². The van der Waals surface area contributed by atoms with Gasteiger partial charge in [0.15, 0.2) is 11.5 Å². The van der Waals surface area contributed by atoms with E-state index in [0.717, 1.165) is 0 Å². The maximum absolute atomic E-state index is 13.5. The molecule has 0 fully saturated rings. The Labute approximate surface area is 99.3 Å². The Morgan fingerprint density at radius 1 is 1.38 bits per heavy atom. The molecule has 90 valence electrons. The SMILES string of the molecule is COc1cc(F)c(Cl)c(CCCN)c1OC. The predicted octanol–water partition coefficient (Wildman–Crippen LogP) is 2.39. The van der Waals surface area contributed by atoms with Gasteiger partial charge in [-0.1, -0.05) is 11.6 Å². The van der Waals surface area contributed by atoms with E-state index in [1.54, 1.807) is 0 Å². The maximum atomic E-state index is 13.5. The van der Waals surface area contributed by atoms with Crippen molar-refractivity contribution in [1.82, 2.24) is 0 Å². The fourth-order valence-corrected chi connectivity index (χ4v) is 1.75. The first-order valence-electron chi connectivity index (χ1n) is 4.94. The third kappa shape index (κ3) is 2.57. The lowest BCUT2D eigenvalue weighted by Gasteiger charge is -2.14. The van der Waals surface area contributed by atoms with Crippen LogP contribution in [0, 0.1) is 5.82 Å². The summed E-state index contributed by atoms with van der Waals surface area (Å²) in [7, 11) is 2.95. The zero-order valence-corrected chi connectivity index (χ0v) is 10.1. The molecule has 3 nitrogen and oxygen atoms in total. The number of hydrogen-bond donors (Lipinski definition) is 1. The molecule has 0 amide bonds. The minimum atomic E-state index is -0.508. The highest BCUT2D eigenvalue weighted by Crippen LogP contribution is 2.38. The lowest BCUT2D eigenvalue weighted by atomic mass is 10.1. The van der Waals surface area contributed by atoms with Crippen molar-refractivity contribution in [2.24, 2.45) is 5.73 Å². The van der Waals surface area contributed by atoms with Gasteiger partial charge in [-0.2, -0.15) is 0 Å². The first-order valence-corrected chi connectivity index (χ1v) is 5.32. The summed E-state index contributed by atoms with van der Waals surface area (Å²) in [6.07, 6.45) is 1.27. The van der Waals surface area contributed by atoms with Crippen molar-refractivity contribution in [2.45, 2.75) is 12.8 Å². The average molecular weight is 248 g/mol. The second-order valence-electron chi connectivity index (χ2n) is 3.28. The van der Waals surface area contributed by atoms with Gasteiger partial charge in [0.1, 0.15) is 5.82 Å². The molecule has 0 aliphatic carbocycles. The summed E-state index contributed by atoms with van der Waals surface area (Å²) >= 11 is 5.89. The van der Waals surface area contributed by atoms with Crippen LogP contribution in [0.3, 0.4) is 0 Å². The smallest absolute Gasteiger partial charge is 0.165 e. The second kappa shape index (κ2) is 5.92. The molecule has 16 heavy (non-hydrogen) atoms. The normalized spacial score (nSPS) is 10.3. The average Bonchev–Trinajstić information content (AvgIpc) is 2.30. The van der Waals surface area contributed by atoms with Crippen molar-refractivity contribution in [1.29, 1.82) is 0 Å². The summed E-state index contributed by atoms with van der Waals surface area (Å²) in [6, 6.07) is 1.22. The van der Waals surface area contributed by atoms with E-state index in [9.17, 15) is 4.39 Å². The quantitative estimate of drug-likeness (QED) is 0.869. The standard InChI is InChI=1S/C11H15ClFNO2/c1-15-9-6-8(13)10(12)7(4-3-5-14)11(9)16-2/h6H,3-5,14H2,1-2H3. The zero-order chi connectivity index (χ0) is 12.1. The lowest BCUT2D eigenvalue weighted by Crippen LogP contribution is -2.04. The number of nitrogens with two attached hydrogens (primary N) is 1. The third-order valence-electron chi connectivity index (χ3n) is 2.29. The molecule has 0 atom stereocenters. The Hall–Kier alpha value is -1.00. The van der Waals surface area contributed by atoms with Gasteiger partial charge in [0.05, 0.1) is 19.2 Å². The van der Waals surface area contributed by atoms with Gasteiger partial charge in [-0.3, -0.25) is 0 Å². The van der Waals surface area contributed by atoms with Gasteiger partial charge in [-0.05, 0) is 19.4 Å². The minimum absolute atomic E-state index is 0.0751. The van der Waals surface area contributed by atoms with Crippen LogP contribution >= 0.6 is 11.6 Å². The largest absolute Gasteiger partial charge is 0.493 e. The number of hydrogen-bond acceptors (Lipinski definition) is 3. The van der Waals surface area contributed by atoms with E-state index in [2.05, 4.69) is 0 Å². The monoisotopic (exact) mass is 247 g/mol. The van der Waals surface area contributed by atoms with Crippen molar-refractivity contribution in [3.63, 3.8) is 0 Å². The van der Waals surface area contributed by atoms with Crippen LogP contribution in [0.4, 0.5) is 4.39 Å². The molecule has 0 bridgehead atoms. The Balaban J connectivity index is 3.23. The van der Waals surface area contributed by atoms with Gasteiger partial charge in [0.2, 0.25) is 0 Å². The highest BCUT2D eigenvalue weighted by molar-refractivity contribution is 6.31. The minimum Gasteiger partial charge on any atom is -0.493 e. The van der Waals surface area contributed by atoms with Gasteiger partial charge in [-0.25, -0.2) is 4.39 Å². The van der Waals surface area contributed by atoms with E-state index in [1.165, 1.54) is 20.3 Å². The zero-order valence-electron chi connectivity index (χ0n) is 9.35. The van der Waals surface area contributed by atoms with E-state index in [-0.39, 0.29) is 5.02 Å².